The van der Waals surface area contributed by atoms with Crippen LogP contribution in [0.1, 0.15) is 25.6 Å². The van der Waals surface area contributed by atoms with Crippen LogP contribution in [0.2, 0.25) is 0 Å². The van der Waals surface area contributed by atoms with Crippen LogP contribution in [-0.2, 0) is 11.3 Å². The molecule has 1 N–H and O–H groups in total. The van der Waals surface area contributed by atoms with E-state index in [2.05, 4.69) is 34.3 Å². The maximum absolute atomic E-state index is 13.2. The number of piperidine rings is 1. The van der Waals surface area contributed by atoms with Crippen molar-refractivity contribution in [3.05, 3.63) is 35.9 Å². The summed E-state index contributed by atoms with van der Waals surface area (Å²) in [7, 11) is 2.08. The number of carbonyl (C=O) groups excluding carboxylic acids is 1. The van der Waals surface area contributed by atoms with Gasteiger partial charge < -0.3 is 14.7 Å². The summed E-state index contributed by atoms with van der Waals surface area (Å²) in [4.78, 5) is 18.7. The zero-order chi connectivity index (χ0) is 17.1. The van der Waals surface area contributed by atoms with Crippen LogP contribution in [0.15, 0.2) is 28.8 Å². The van der Waals surface area contributed by atoms with Gasteiger partial charge in [-0.15, -0.1) is 0 Å². The molecule has 6 nitrogen and oxygen atoms in total. The van der Waals surface area contributed by atoms with Crippen molar-refractivity contribution in [2.45, 2.75) is 32.4 Å². The number of hydrogen-bond donors (Lipinski definition) is 1. The second-order valence-electron chi connectivity index (χ2n) is 6.29. The molecule has 1 aromatic heterocycles. The Kier molecular flexibility index (Phi) is 4.89. The van der Waals surface area contributed by atoms with E-state index >= 15 is 0 Å². The average Bonchev–Trinajstić information content (AvgIpc) is 3.04. The number of amides is 1. The van der Waals surface area contributed by atoms with E-state index in [0.29, 0.717) is 17.4 Å². The molecular weight excluding hydrogens is 311 g/mol. The maximum atomic E-state index is 13.2. The molecule has 1 amide bonds. The van der Waals surface area contributed by atoms with Crippen LogP contribution in [0, 0.1) is 11.7 Å². The minimum absolute atomic E-state index is 0.0193. The average molecular weight is 332 g/mol. The third-order valence-corrected chi connectivity index (χ3v) is 4.54. The van der Waals surface area contributed by atoms with Crippen molar-refractivity contribution in [1.29, 1.82) is 0 Å². The highest BCUT2D eigenvalue weighted by Crippen LogP contribution is 2.22. The second kappa shape index (κ2) is 7.09. The fraction of sp³-hybridized carbons (Fsp3) is 0.471. The molecule has 24 heavy (non-hydrogen) atoms. The number of carbonyl (C=O) groups is 1. The zero-order valence-corrected chi connectivity index (χ0v) is 13.8. The Hall–Kier alpha value is -2.28. The van der Waals surface area contributed by atoms with E-state index in [4.69, 9.17) is 4.52 Å². The Balaban J connectivity index is 1.57. The van der Waals surface area contributed by atoms with Gasteiger partial charge in [0.25, 0.3) is 5.89 Å². The quantitative estimate of drug-likeness (QED) is 0.929. The molecule has 0 aliphatic carbocycles. The first-order valence-electron chi connectivity index (χ1n) is 8.09. The van der Waals surface area contributed by atoms with Gasteiger partial charge in [-0.1, -0.05) is 11.2 Å². The SMILES string of the molecule is C[C@H]1C[C@@H](C(=O)NCc2noc(-c3cccc(F)c3)n2)CCN1C. The lowest BCUT2D eigenvalue weighted by molar-refractivity contribution is -0.127. The van der Waals surface area contributed by atoms with E-state index < -0.39 is 0 Å². The lowest BCUT2D eigenvalue weighted by Gasteiger charge is -2.34. The summed E-state index contributed by atoms with van der Waals surface area (Å²) in [5.41, 5.74) is 0.518. The van der Waals surface area contributed by atoms with Crippen molar-refractivity contribution in [1.82, 2.24) is 20.4 Å². The lowest BCUT2D eigenvalue weighted by atomic mass is 9.91. The van der Waals surface area contributed by atoms with Crippen LogP contribution >= 0.6 is 0 Å². The molecule has 1 fully saturated rings. The standard InChI is InChI=1S/C17H21FN4O2/c1-11-8-12(6-7-22(11)2)16(23)19-10-15-20-17(24-21-15)13-4-3-5-14(18)9-13/h3-5,9,11-12H,6-8,10H2,1-2H3,(H,19,23)/t11-,12-/m0/s1. The Morgan fingerprint density at radius 2 is 2.33 bits per heavy atom. The first-order valence-corrected chi connectivity index (χ1v) is 8.09. The number of rotatable bonds is 4. The van der Waals surface area contributed by atoms with Crippen molar-refractivity contribution >= 4 is 5.91 Å². The van der Waals surface area contributed by atoms with E-state index in [1.165, 1.54) is 12.1 Å². The number of hydrogen-bond acceptors (Lipinski definition) is 5. The first kappa shape index (κ1) is 16.6. The first-order chi connectivity index (χ1) is 11.5. The second-order valence-corrected chi connectivity index (χ2v) is 6.29. The molecule has 1 aromatic carbocycles. The van der Waals surface area contributed by atoms with Gasteiger partial charge in [0.05, 0.1) is 6.54 Å². The van der Waals surface area contributed by atoms with Crippen LogP contribution in [-0.4, -0.2) is 40.6 Å². The van der Waals surface area contributed by atoms with Crippen LogP contribution in [0.5, 0.6) is 0 Å². The summed E-state index contributed by atoms with van der Waals surface area (Å²) >= 11 is 0. The van der Waals surface area contributed by atoms with Gasteiger partial charge in [0.2, 0.25) is 5.91 Å². The van der Waals surface area contributed by atoms with Gasteiger partial charge in [0.15, 0.2) is 5.82 Å². The molecule has 1 aliphatic heterocycles. The number of halogens is 1. The molecule has 3 rings (SSSR count). The molecule has 2 aromatic rings. The van der Waals surface area contributed by atoms with Gasteiger partial charge in [0, 0.05) is 17.5 Å². The highest BCUT2D eigenvalue weighted by atomic mass is 19.1. The molecule has 0 bridgehead atoms. The summed E-state index contributed by atoms with van der Waals surface area (Å²) in [5.74, 6) is 0.296. The molecule has 1 saturated heterocycles. The summed E-state index contributed by atoms with van der Waals surface area (Å²) in [6.07, 6.45) is 1.70. The minimum atomic E-state index is -0.364. The third kappa shape index (κ3) is 3.79. The molecule has 2 heterocycles. The monoisotopic (exact) mass is 332 g/mol. The van der Waals surface area contributed by atoms with Gasteiger partial charge in [-0.25, -0.2) is 4.39 Å². The normalized spacial score (nSPS) is 21.6. The highest BCUT2D eigenvalue weighted by Gasteiger charge is 2.27. The predicted octanol–water partition coefficient (Wildman–Crippen LogP) is 2.22. The fourth-order valence-corrected chi connectivity index (χ4v) is 2.90. The largest absolute Gasteiger partial charge is 0.348 e. The maximum Gasteiger partial charge on any atom is 0.258 e. The van der Waals surface area contributed by atoms with Gasteiger partial charge in [0.1, 0.15) is 5.82 Å². The molecule has 1 aliphatic rings. The Morgan fingerprint density at radius 1 is 1.50 bits per heavy atom. The minimum Gasteiger partial charge on any atom is -0.348 e. The number of likely N-dealkylation sites (tertiary alicyclic amines) is 1. The number of benzene rings is 1. The molecule has 2 atom stereocenters. The van der Waals surface area contributed by atoms with Gasteiger partial charge in [-0.3, -0.25) is 4.79 Å². The van der Waals surface area contributed by atoms with Crippen molar-refractivity contribution in [2.75, 3.05) is 13.6 Å². The van der Waals surface area contributed by atoms with Crippen molar-refractivity contribution in [2.24, 2.45) is 5.92 Å². The topological polar surface area (TPSA) is 71.3 Å². The summed E-state index contributed by atoms with van der Waals surface area (Å²) < 4.78 is 18.4. The van der Waals surface area contributed by atoms with Crippen LogP contribution in [0.4, 0.5) is 4.39 Å². The number of aromatic nitrogens is 2. The van der Waals surface area contributed by atoms with Gasteiger partial charge >= 0.3 is 0 Å². The van der Waals surface area contributed by atoms with Crippen LogP contribution in [0.3, 0.4) is 0 Å². The third-order valence-electron chi connectivity index (χ3n) is 4.54. The van der Waals surface area contributed by atoms with Crippen molar-refractivity contribution < 1.29 is 13.7 Å². The molecule has 0 spiro atoms. The molecule has 0 radical (unpaired) electrons. The van der Waals surface area contributed by atoms with E-state index in [1.807, 2.05) is 0 Å². The summed E-state index contributed by atoms with van der Waals surface area (Å²) in [6, 6.07) is 6.36. The van der Waals surface area contributed by atoms with E-state index in [9.17, 15) is 9.18 Å². The molecule has 128 valence electrons. The van der Waals surface area contributed by atoms with E-state index in [0.717, 1.165) is 19.4 Å². The lowest BCUT2D eigenvalue weighted by Crippen LogP contribution is -2.43. The number of nitrogens with zero attached hydrogens (tertiary/aromatic N) is 3. The molecule has 7 heteroatoms. The molecule has 0 unspecified atom stereocenters. The van der Waals surface area contributed by atoms with Crippen molar-refractivity contribution in [3.8, 4) is 11.5 Å². The fourth-order valence-electron chi connectivity index (χ4n) is 2.90. The number of nitrogens with one attached hydrogen (secondary N) is 1. The smallest absolute Gasteiger partial charge is 0.258 e. The Labute approximate surface area is 140 Å². The summed E-state index contributed by atoms with van der Waals surface area (Å²) in [6.45, 7) is 3.26. The zero-order valence-electron chi connectivity index (χ0n) is 13.8. The Morgan fingerprint density at radius 3 is 3.08 bits per heavy atom. The van der Waals surface area contributed by atoms with E-state index in [1.54, 1.807) is 12.1 Å². The van der Waals surface area contributed by atoms with Gasteiger partial charge in [-0.2, -0.15) is 4.98 Å². The van der Waals surface area contributed by atoms with Crippen molar-refractivity contribution in [3.63, 3.8) is 0 Å². The predicted molar refractivity (Wildman–Crippen MR) is 86.4 cm³/mol. The van der Waals surface area contributed by atoms with Gasteiger partial charge in [-0.05, 0) is 51.6 Å². The van der Waals surface area contributed by atoms with Crippen LogP contribution in [0.25, 0.3) is 11.5 Å². The van der Waals surface area contributed by atoms with E-state index in [-0.39, 0.29) is 30.1 Å². The highest BCUT2D eigenvalue weighted by molar-refractivity contribution is 5.78. The molecular formula is C17H21FN4O2. The summed E-state index contributed by atoms with van der Waals surface area (Å²) in [5, 5.41) is 6.70. The molecule has 0 saturated carbocycles. The Bertz CT molecular complexity index is 718. The van der Waals surface area contributed by atoms with Crippen LogP contribution < -0.4 is 5.32 Å².